The predicted molar refractivity (Wildman–Crippen MR) is 113 cm³/mol. The smallest absolute Gasteiger partial charge is 0.331 e. The Balaban J connectivity index is 1.30. The van der Waals surface area contributed by atoms with Crippen LogP contribution in [0.1, 0.15) is 24.1 Å². The Morgan fingerprint density at radius 1 is 1.07 bits per heavy atom. The van der Waals surface area contributed by atoms with E-state index in [9.17, 15) is 9.59 Å². The predicted octanol–water partition coefficient (Wildman–Crippen LogP) is 4.00. The first-order valence-corrected chi connectivity index (χ1v) is 9.61. The molecule has 0 bridgehead atoms. The Kier molecular flexibility index (Phi) is 5.66. The summed E-state index contributed by atoms with van der Waals surface area (Å²) in [6.07, 6.45) is 2.87. The van der Waals surface area contributed by atoms with E-state index < -0.39 is 5.97 Å². The van der Waals surface area contributed by atoms with Gasteiger partial charge in [0.15, 0.2) is 18.1 Å². The van der Waals surface area contributed by atoms with Crippen LogP contribution in [0.2, 0.25) is 0 Å². The second kappa shape index (κ2) is 8.69. The van der Waals surface area contributed by atoms with Gasteiger partial charge in [-0.2, -0.15) is 0 Å². The van der Waals surface area contributed by atoms with Gasteiger partial charge < -0.3 is 19.5 Å². The summed E-state index contributed by atoms with van der Waals surface area (Å²) in [6.45, 7) is 1.75. The zero-order valence-corrected chi connectivity index (χ0v) is 16.5. The average molecular weight is 403 g/mol. The van der Waals surface area contributed by atoms with Crippen molar-refractivity contribution in [3.8, 4) is 11.5 Å². The number of fused-ring (bicyclic) bond motifs is 2. The summed E-state index contributed by atoms with van der Waals surface area (Å²) in [5.41, 5.74) is 1.78. The van der Waals surface area contributed by atoms with Gasteiger partial charge >= 0.3 is 5.97 Å². The lowest BCUT2D eigenvalue weighted by Gasteiger charge is -2.16. The number of nitrogens with one attached hydrogen (secondary N) is 1. The number of carbonyl (C=O) groups is 2. The van der Waals surface area contributed by atoms with Crippen LogP contribution < -0.4 is 14.8 Å². The van der Waals surface area contributed by atoms with Crippen molar-refractivity contribution in [2.45, 2.75) is 13.0 Å². The number of carbonyl (C=O) groups excluding carboxylic acids is 2. The van der Waals surface area contributed by atoms with E-state index in [0.717, 1.165) is 21.9 Å². The Hall–Kier alpha value is -3.80. The monoisotopic (exact) mass is 403 g/mol. The molecule has 1 N–H and O–H groups in total. The maximum atomic E-state index is 12.2. The van der Waals surface area contributed by atoms with E-state index in [1.54, 1.807) is 24.3 Å². The molecule has 6 nitrogen and oxygen atoms in total. The molecule has 0 saturated carbocycles. The molecule has 3 aromatic rings. The van der Waals surface area contributed by atoms with Gasteiger partial charge in [0.1, 0.15) is 0 Å². The number of esters is 1. The van der Waals surface area contributed by atoms with Gasteiger partial charge in [-0.25, -0.2) is 4.79 Å². The Morgan fingerprint density at radius 3 is 2.77 bits per heavy atom. The standard InChI is InChI=1S/C24H21NO5/c1-16(19-8-4-6-18-5-2-3-7-20(18)19)25-23(26)14-28-24(27)12-10-17-9-11-21-22(13-17)30-15-29-21/h2-13,16H,14-15H2,1H3,(H,25,26)/b12-10+. The van der Waals surface area contributed by atoms with Crippen molar-refractivity contribution in [3.63, 3.8) is 0 Å². The van der Waals surface area contributed by atoms with Crippen LogP contribution >= 0.6 is 0 Å². The van der Waals surface area contributed by atoms with Gasteiger partial charge in [-0.3, -0.25) is 4.79 Å². The highest BCUT2D eigenvalue weighted by atomic mass is 16.7. The third kappa shape index (κ3) is 4.43. The van der Waals surface area contributed by atoms with Crippen LogP contribution in [0.25, 0.3) is 16.8 Å². The summed E-state index contributed by atoms with van der Waals surface area (Å²) in [4.78, 5) is 24.2. The van der Waals surface area contributed by atoms with Crippen LogP contribution in [0, 0.1) is 0 Å². The lowest BCUT2D eigenvalue weighted by Crippen LogP contribution is -2.31. The summed E-state index contributed by atoms with van der Waals surface area (Å²) in [7, 11) is 0. The third-order valence-electron chi connectivity index (χ3n) is 4.82. The Morgan fingerprint density at radius 2 is 1.87 bits per heavy atom. The van der Waals surface area contributed by atoms with Crippen molar-refractivity contribution in [1.82, 2.24) is 5.32 Å². The molecule has 1 unspecified atom stereocenters. The topological polar surface area (TPSA) is 73.9 Å². The van der Waals surface area contributed by atoms with Crippen molar-refractivity contribution >= 4 is 28.7 Å². The van der Waals surface area contributed by atoms with Crippen molar-refractivity contribution < 1.29 is 23.8 Å². The fraction of sp³-hybridized carbons (Fsp3) is 0.167. The van der Waals surface area contributed by atoms with E-state index in [1.807, 2.05) is 49.4 Å². The molecule has 0 aromatic heterocycles. The second-order valence-corrected chi connectivity index (χ2v) is 6.91. The number of benzene rings is 3. The molecule has 1 atom stereocenters. The van der Waals surface area contributed by atoms with E-state index in [2.05, 4.69) is 5.32 Å². The number of ether oxygens (including phenoxy) is 3. The molecule has 30 heavy (non-hydrogen) atoms. The lowest BCUT2D eigenvalue weighted by atomic mass is 10.00. The molecule has 0 radical (unpaired) electrons. The molecule has 4 rings (SSSR count). The van der Waals surface area contributed by atoms with E-state index in [-0.39, 0.29) is 25.3 Å². The van der Waals surface area contributed by atoms with Gasteiger partial charge in [0.25, 0.3) is 5.91 Å². The van der Waals surface area contributed by atoms with Gasteiger partial charge in [-0.15, -0.1) is 0 Å². The van der Waals surface area contributed by atoms with E-state index in [1.165, 1.54) is 6.08 Å². The fourth-order valence-corrected chi connectivity index (χ4v) is 3.35. The molecular formula is C24H21NO5. The minimum Gasteiger partial charge on any atom is -0.454 e. The first kappa shape index (κ1) is 19.5. The van der Waals surface area contributed by atoms with Gasteiger partial charge in [-0.1, -0.05) is 48.5 Å². The average Bonchev–Trinajstić information content (AvgIpc) is 3.23. The Labute approximate surface area is 174 Å². The minimum atomic E-state index is -0.597. The quantitative estimate of drug-likeness (QED) is 0.497. The van der Waals surface area contributed by atoms with Crippen LogP contribution in [-0.2, 0) is 14.3 Å². The molecule has 6 heteroatoms. The molecule has 1 aliphatic heterocycles. The van der Waals surface area contributed by atoms with Crippen LogP contribution in [0.5, 0.6) is 11.5 Å². The zero-order chi connectivity index (χ0) is 20.9. The maximum Gasteiger partial charge on any atom is 0.331 e. The maximum absolute atomic E-state index is 12.2. The minimum absolute atomic E-state index is 0.191. The van der Waals surface area contributed by atoms with Crippen LogP contribution in [0.3, 0.4) is 0 Å². The normalized spacial score (nSPS) is 13.4. The number of hydrogen-bond acceptors (Lipinski definition) is 5. The highest BCUT2D eigenvalue weighted by Gasteiger charge is 2.14. The molecule has 1 amide bonds. The van der Waals surface area contributed by atoms with E-state index in [0.29, 0.717) is 11.5 Å². The number of amides is 1. The number of rotatable bonds is 6. The molecule has 1 heterocycles. The molecule has 3 aromatic carbocycles. The van der Waals surface area contributed by atoms with Crippen molar-refractivity contribution in [3.05, 3.63) is 77.9 Å². The lowest BCUT2D eigenvalue weighted by molar-refractivity contribution is -0.144. The second-order valence-electron chi connectivity index (χ2n) is 6.91. The SMILES string of the molecule is CC(NC(=O)COC(=O)/C=C/c1ccc2c(c1)OCO2)c1cccc2ccccc12. The van der Waals surface area contributed by atoms with Crippen molar-refractivity contribution in [2.24, 2.45) is 0 Å². The van der Waals surface area contributed by atoms with E-state index >= 15 is 0 Å². The van der Waals surface area contributed by atoms with Crippen LogP contribution in [-0.4, -0.2) is 25.3 Å². The molecule has 0 fully saturated rings. The van der Waals surface area contributed by atoms with E-state index in [4.69, 9.17) is 14.2 Å². The molecular weight excluding hydrogens is 382 g/mol. The highest BCUT2D eigenvalue weighted by Crippen LogP contribution is 2.32. The summed E-state index contributed by atoms with van der Waals surface area (Å²) in [5, 5.41) is 5.06. The summed E-state index contributed by atoms with van der Waals surface area (Å²) < 4.78 is 15.6. The molecule has 0 saturated heterocycles. The van der Waals surface area contributed by atoms with Crippen molar-refractivity contribution in [2.75, 3.05) is 13.4 Å². The van der Waals surface area contributed by atoms with Crippen LogP contribution in [0.15, 0.2) is 66.7 Å². The first-order chi connectivity index (χ1) is 14.6. The van der Waals surface area contributed by atoms with Gasteiger partial charge in [0.2, 0.25) is 6.79 Å². The van der Waals surface area contributed by atoms with Gasteiger partial charge in [0.05, 0.1) is 6.04 Å². The zero-order valence-electron chi connectivity index (χ0n) is 16.5. The number of hydrogen-bond donors (Lipinski definition) is 1. The summed E-state index contributed by atoms with van der Waals surface area (Å²) in [6, 6.07) is 19.1. The summed E-state index contributed by atoms with van der Waals surface area (Å²) >= 11 is 0. The Bertz CT molecular complexity index is 1120. The highest BCUT2D eigenvalue weighted by molar-refractivity contribution is 5.90. The summed E-state index contributed by atoms with van der Waals surface area (Å²) in [5.74, 6) is 0.347. The molecule has 1 aliphatic rings. The first-order valence-electron chi connectivity index (χ1n) is 9.61. The third-order valence-corrected chi connectivity index (χ3v) is 4.82. The van der Waals surface area contributed by atoms with Gasteiger partial charge in [0, 0.05) is 6.08 Å². The molecule has 152 valence electrons. The molecule has 0 aliphatic carbocycles. The van der Waals surface area contributed by atoms with Crippen molar-refractivity contribution in [1.29, 1.82) is 0 Å². The fourth-order valence-electron chi connectivity index (χ4n) is 3.35. The molecule has 0 spiro atoms. The van der Waals surface area contributed by atoms with Gasteiger partial charge in [-0.05, 0) is 47.0 Å². The van der Waals surface area contributed by atoms with Crippen LogP contribution in [0.4, 0.5) is 0 Å². The largest absolute Gasteiger partial charge is 0.454 e.